The predicted octanol–water partition coefficient (Wildman–Crippen LogP) is 2.86. The van der Waals surface area contributed by atoms with E-state index in [1.807, 2.05) is 0 Å². The van der Waals surface area contributed by atoms with E-state index in [4.69, 9.17) is 0 Å². The summed E-state index contributed by atoms with van der Waals surface area (Å²) in [6, 6.07) is 7.16. The number of halogens is 1. The molecular formula is C12H10BrN3O4S. The van der Waals surface area contributed by atoms with Crippen molar-refractivity contribution in [2.24, 2.45) is 0 Å². The molecule has 110 valence electrons. The first-order valence-corrected chi connectivity index (χ1v) is 7.98. The maximum atomic E-state index is 12.4. The first-order chi connectivity index (χ1) is 9.83. The fraction of sp³-hybridized carbons (Fsp3) is 0.0833. The zero-order valence-corrected chi connectivity index (χ0v) is 13.2. The topological polar surface area (TPSA) is 102 Å². The van der Waals surface area contributed by atoms with Crippen molar-refractivity contribution in [1.82, 2.24) is 4.98 Å². The Kier molecular flexibility index (Phi) is 4.24. The number of sulfonamides is 1. The Balaban J connectivity index is 2.48. The summed E-state index contributed by atoms with van der Waals surface area (Å²) < 4.78 is 27.5. The van der Waals surface area contributed by atoms with Crippen LogP contribution < -0.4 is 4.72 Å². The molecule has 2 aromatic rings. The smallest absolute Gasteiger partial charge is 0.262 e. The molecule has 0 atom stereocenters. The van der Waals surface area contributed by atoms with Crippen LogP contribution in [0.4, 0.5) is 11.5 Å². The fourth-order valence-corrected chi connectivity index (χ4v) is 3.51. The summed E-state index contributed by atoms with van der Waals surface area (Å²) in [6.45, 7) is 1.39. The molecule has 0 bridgehead atoms. The molecule has 2 rings (SSSR count). The number of pyridine rings is 1. The van der Waals surface area contributed by atoms with Gasteiger partial charge in [-0.05, 0) is 41.1 Å². The Morgan fingerprint density at radius 1 is 1.29 bits per heavy atom. The molecule has 1 aromatic carbocycles. The van der Waals surface area contributed by atoms with Gasteiger partial charge in [0.15, 0.2) is 5.82 Å². The van der Waals surface area contributed by atoms with E-state index in [0.717, 1.165) is 0 Å². The van der Waals surface area contributed by atoms with Crippen molar-refractivity contribution in [3.8, 4) is 0 Å². The minimum atomic E-state index is -3.97. The number of hydrogen-bond donors (Lipinski definition) is 1. The molecule has 0 spiro atoms. The van der Waals surface area contributed by atoms with E-state index in [9.17, 15) is 18.5 Å². The van der Waals surface area contributed by atoms with Crippen LogP contribution in [0.15, 0.2) is 45.9 Å². The van der Waals surface area contributed by atoms with Crippen molar-refractivity contribution < 1.29 is 13.3 Å². The van der Waals surface area contributed by atoms with Gasteiger partial charge in [-0.25, -0.2) is 13.4 Å². The molecule has 1 N–H and O–H groups in total. The summed E-state index contributed by atoms with van der Waals surface area (Å²) in [7, 11) is -3.97. The highest BCUT2D eigenvalue weighted by Gasteiger charge is 2.23. The van der Waals surface area contributed by atoms with Gasteiger partial charge >= 0.3 is 0 Å². The predicted molar refractivity (Wildman–Crippen MR) is 80.6 cm³/mol. The van der Waals surface area contributed by atoms with E-state index in [1.165, 1.54) is 31.3 Å². The molecule has 0 fully saturated rings. The molecule has 9 heteroatoms. The molecule has 0 aliphatic heterocycles. The molecule has 0 amide bonds. The molecule has 0 radical (unpaired) electrons. The molecule has 0 saturated carbocycles. The Morgan fingerprint density at radius 2 is 2.00 bits per heavy atom. The number of rotatable bonds is 4. The van der Waals surface area contributed by atoms with Crippen LogP contribution in [0.5, 0.6) is 0 Å². The van der Waals surface area contributed by atoms with Crippen molar-refractivity contribution >= 4 is 37.5 Å². The van der Waals surface area contributed by atoms with Crippen molar-refractivity contribution in [3.05, 3.63) is 56.7 Å². The van der Waals surface area contributed by atoms with E-state index < -0.39 is 14.9 Å². The number of hydrogen-bond acceptors (Lipinski definition) is 5. The second-order valence-electron chi connectivity index (χ2n) is 4.10. The van der Waals surface area contributed by atoms with Crippen LogP contribution in [0.25, 0.3) is 0 Å². The number of aromatic nitrogens is 1. The summed E-state index contributed by atoms with van der Waals surface area (Å²) >= 11 is 3.18. The normalized spacial score (nSPS) is 11.1. The van der Waals surface area contributed by atoms with Gasteiger partial charge in [0.05, 0.1) is 14.3 Å². The third-order valence-corrected chi connectivity index (χ3v) is 4.85. The lowest BCUT2D eigenvalue weighted by molar-refractivity contribution is -0.385. The second-order valence-corrected chi connectivity index (χ2v) is 6.60. The van der Waals surface area contributed by atoms with Gasteiger partial charge in [0, 0.05) is 17.8 Å². The summed E-state index contributed by atoms with van der Waals surface area (Å²) in [5.41, 5.74) is -0.181. The minimum absolute atomic E-state index is 0.0713. The average molecular weight is 372 g/mol. The third kappa shape index (κ3) is 3.19. The molecule has 0 unspecified atom stereocenters. The summed E-state index contributed by atoms with van der Waals surface area (Å²) in [5, 5.41) is 10.9. The molecule has 1 aromatic heterocycles. The van der Waals surface area contributed by atoms with Gasteiger partial charge in [0.2, 0.25) is 0 Å². The van der Waals surface area contributed by atoms with Crippen LogP contribution in [-0.4, -0.2) is 18.3 Å². The number of nitrogens with zero attached hydrogens (tertiary/aromatic N) is 2. The fourth-order valence-electron chi connectivity index (χ4n) is 1.73. The second kappa shape index (κ2) is 5.78. The summed E-state index contributed by atoms with van der Waals surface area (Å²) in [5.74, 6) is 0.114. The number of nitro groups is 1. The van der Waals surface area contributed by atoms with Gasteiger partial charge in [-0.3, -0.25) is 14.8 Å². The van der Waals surface area contributed by atoms with E-state index >= 15 is 0 Å². The van der Waals surface area contributed by atoms with Crippen LogP contribution in [0, 0.1) is 17.0 Å². The quantitative estimate of drug-likeness (QED) is 0.657. The molecule has 0 saturated heterocycles. The standard InChI is InChI=1S/C12H10BrN3O4S/c1-8-10(16(17)18)5-2-6-11(8)21(19,20)15-12-9(13)4-3-7-14-12/h2-7H,1H3,(H,14,15). The van der Waals surface area contributed by atoms with E-state index in [2.05, 4.69) is 25.6 Å². The Morgan fingerprint density at radius 3 is 2.62 bits per heavy atom. The van der Waals surface area contributed by atoms with Gasteiger partial charge in [0.1, 0.15) is 0 Å². The maximum absolute atomic E-state index is 12.4. The van der Waals surface area contributed by atoms with E-state index in [-0.39, 0.29) is 22.0 Å². The first-order valence-electron chi connectivity index (χ1n) is 5.70. The van der Waals surface area contributed by atoms with E-state index in [1.54, 1.807) is 12.1 Å². The Labute approximate surface area is 129 Å². The molecule has 21 heavy (non-hydrogen) atoms. The number of nitrogens with one attached hydrogen (secondary N) is 1. The highest BCUT2D eigenvalue weighted by molar-refractivity contribution is 9.10. The van der Waals surface area contributed by atoms with Crippen molar-refractivity contribution in [1.29, 1.82) is 0 Å². The van der Waals surface area contributed by atoms with Gasteiger partial charge in [-0.2, -0.15) is 0 Å². The summed E-state index contributed by atoms with van der Waals surface area (Å²) in [6.07, 6.45) is 1.43. The molecule has 0 aliphatic carbocycles. The van der Waals surface area contributed by atoms with Gasteiger partial charge in [-0.15, -0.1) is 0 Å². The molecular weight excluding hydrogens is 362 g/mol. The Bertz CT molecular complexity index is 808. The lowest BCUT2D eigenvalue weighted by Crippen LogP contribution is -2.16. The van der Waals surface area contributed by atoms with Gasteiger partial charge < -0.3 is 0 Å². The highest BCUT2D eigenvalue weighted by Crippen LogP contribution is 2.27. The van der Waals surface area contributed by atoms with Crippen LogP contribution in [0.2, 0.25) is 0 Å². The monoisotopic (exact) mass is 371 g/mol. The SMILES string of the molecule is Cc1c([N+](=O)[O-])cccc1S(=O)(=O)Nc1ncccc1Br. The largest absolute Gasteiger partial charge is 0.273 e. The first kappa shape index (κ1) is 15.4. The van der Waals surface area contributed by atoms with Crippen molar-refractivity contribution in [2.45, 2.75) is 11.8 Å². The van der Waals surface area contributed by atoms with Crippen LogP contribution >= 0.6 is 15.9 Å². The van der Waals surface area contributed by atoms with Gasteiger partial charge in [0.25, 0.3) is 15.7 Å². The van der Waals surface area contributed by atoms with Crippen LogP contribution in [-0.2, 0) is 10.0 Å². The lowest BCUT2D eigenvalue weighted by atomic mass is 10.2. The van der Waals surface area contributed by atoms with Crippen molar-refractivity contribution in [3.63, 3.8) is 0 Å². The van der Waals surface area contributed by atoms with Crippen LogP contribution in [0.3, 0.4) is 0 Å². The molecule has 1 heterocycles. The van der Waals surface area contributed by atoms with Gasteiger partial charge in [-0.1, -0.05) is 6.07 Å². The van der Waals surface area contributed by atoms with Crippen LogP contribution in [0.1, 0.15) is 5.56 Å². The zero-order valence-electron chi connectivity index (χ0n) is 10.8. The Hall–Kier alpha value is -2.00. The minimum Gasteiger partial charge on any atom is -0.262 e. The zero-order chi connectivity index (χ0) is 15.6. The summed E-state index contributed by atoms with van der Waals surface area (Å²) in [4.78, 5) is 14.0. The van der Waals surface area contributed by atoms with E-state index in [0.29, 0.717) is 4.47 Å². The van der Waals surface area contributed by atoms with Crippen molar-refractivity contribution in [2.75, 3.05) is 4.72 Å². The average Bonchev–Trinajstić information content (AvgIpc) is 2.41. The third-order valence-electron chi connectivity index (χ3n) is 2.73. The molecule has 0 aliphatic rings. The number of benzene rings is 1. The lowest BCUT2D eigenvalue weighted by Gasteiger charge is -2.10. The maximum Gasteiger partial charge on any atom is 0.273 e. The number of anilines is 1. The highest BCUT2D eigenvalue weighted by atomic mass is 79.9. The number of nitro benzene ring substituents is 1. The molecule has 7 nitrogen and oxygen atoms in total.